The van der Waals surface area contributed by atoms with Gasteiger partial charge in [-0.25, -0.2) is 8.42 Å². The minimum absolute atomic E-state index is 0.145. The molecule has 1 saturated carbocycles. The molecule has 0 aliphatic heterocycles. The van der Waals surface area contributed by atoms with Crippen molar-refractivity contribution >= 4 is 21.6 Å². The molecular weight excluding hydrogens is 286 g/mol. The summed E-state index contributed by atoms with van der Waals surface area (Å²) in [5, 5.41) is 4.04. The maximum atomic E-state index is 12.6. The maximum absolute atomic E-state index is 12.6. The number of sulfonamides is 1. The van der Waals surface area contributed by atoms with Gasteiger partial charge in [0.15, 0.2) is 0 Å². The Morgan fingerprint density at radius 1 is 1.47 bits per heavy atom. The number of halogens is 1. The molecule has 1 aromatic heterocycles. The van der Waals surface area contributed by atoms with Gasteiger partial charge in [0.25, 0.3) is 0 Å². The minimum Gasteiger partial charge on any atom is -0.270 e. The molecule has 0 saturated heterocycles. The Kier molecular flexibility index (Phi) is 4.86. The number of hydrogen-bond donors (Lipinski definition) is 0. The molecule has 0 spiro atoms. The lowest BCUT2D eigenvalue weighted by Gasteiger charge is -2.25. The van der Waals surface area contributed by atoms with Gasteiger partial charge in [-0.3, -0.25) is 4.68 Å². The Morgan fingerprint density at radius 2 is 2.16 bits per heavy atom. The van der Waals surface area contributed by atoms with Gasteiger partial charge < -0.3 is 0 Å². The van der Waals surface area contributed by atoms with Crippen molar-refractivity contribution in [1.29, 1.82) is 0 Å². The smallest absolute Gasteiger partial charge is 0.246 e. The van der Waals surface area contributed by atoms with E-state index in [4.69, 9.17) is 11.6 Å². The molecule has 19 heavy (non-hydrogen) atoms. The van der Waals surface area contributed by atoms with Crippen molar-refractivity contribution in [1.82, 2.24) is 14.1 Å². The molecule has 1 aromatic rings. The lowest BCUT2D eigenvalue weighted by molar-refractivity contribution is 0.335. The molecule has 0 N–H and O–H groups in total. The number of nitrogens with zero attached hydrogens (tertiary/aromatic N) is 3. The number of alkyl halides is 1. The molecule has 1 heterocycles. The van der Waals surface area contributed by atoms with Crippen molar-refractivity contribution in [2.75, 3.05) is 12.4 Å². The first kappa shape index (κ1) is 14.8. The van der Waals surface area contributed by atoms with Crippen LogP contribution in [0.4, 0.5) is 0 Å². The fraction of sp³-hybridized carbons (Fsp3) is 0.750. The van der Waals surface area contributed by atoms with Gasteiger partial charge in [-0.2, -0.15) is 9.40 Å². The lowest BCUT2D eigenvalue weighted by Crippen LogP contribution is -2.38. The lowest BCUT2D eigenvalue weighted by atomic mass is 10.2. The highest BCUT2D eigenvalue weighted by Crippen LogP contribution is 2.28. The zero-order valence-corrected chi connectivity index (χ0v) is 12.7. The third-order valence-electron chi connectivity index (χ3n) is 3.57. The molecule has 1 aliphatic carbocycles. The van der Waals surface area contributed by atoms with Crippen molar-refractivity contribution in [2.45, 2.75) is 50.1 Å². The summed E-state index contributed by atoms with van der Waals surface area (Å²) in [5.74, 6) is 0.418. The Bertz CT molecular complexity index is 509. The van der Waals surface area contributed by atoms with Gasteiger partial charge in [-0.05, 0) is 12.8 Å². The van der Waals surface area contributed by atoms with E-state index in [-0.39, 0.29) is 10.9 Å². The second-order valence-corrected chi connectivity index (χ2v) is 7.04. The minimum atomic E-state index is -3.43. The van der Waals surface area contributed by atoms with Crippen LogP contribution in [0.15, 0.2) is 17.3 Å². The van der Waals surface area contributed by atoms with E-state index in [0.29, 0.717) is 19.0 Å². The molecular formula is C12H20ClN3O2S. The average molecular weight is 306 g/mol. The zero-order chi connectivity index (χ0) is 13.9. The highest BCUT2D eigenvalue weighted by Gasteiger charge is 2.32. The van der Waals surface area contributed by atoms with Gasteiger partial charge in [0.1, 0.15) is 4.90 Å². The van der Waals surface area contributed by atoms with Crippen LogP contribution in [0.3, 0.4) is 0 Å². The predicted molar refractivity (Wildman–Crippen MR) is 74.8 cm³/mol. The number of aromatic nitrogens is 2. The van der Waals surface area contributed by atoms with E-state index in [2.05, 4.69) is 5.10 Å². The SMILES string of the molecule is CCN(C1CCCC1)S(=O)(=O)c1cnn(CCCl)c1. The molecule has 0 aromatic carbocycles. The highest BCUT2D eigenvalue weighted by atomic mass is 35.5. The highest BCUT2D eigenvalue weighted by molar-refractivity contribution is 7.89. The van der Waals surface area contributed by atoms with E-state index in [1.165, 1.54) is 6.20 Å². The molecule has 2 rings (SSSR count). The van der Waals surface area contributed by atoms with E-state index in [9.17, 15) is 8.42 Å². The van der Waals surface area contributed by atoms with Gasteiger partial charge in [0.2, 0.25) is 10.0 Å². The molecule has 1 aliphatic rings. The van der Waals surface area contributed by atoms with E-state index < -0.39 is 10.0 Å². The van der Waals surface area contributed by atoms with Crippen molar-refractivity contribution in [3.05, 3.63) is 12.4 Å². The second-order valence-electron chi connectivity index (χ2n) is 4.77. The van der Waals surface area contributed by atoms with E-state index in [1.54, 1.807) is 15.2 Å². The fourth-order valence-electron chi connectivity index (χ4n) is 2.64. The van der Waals surface area contributed by atoms with Crippen LogP contribution in [0.1, 0.15) is 32.6 Å². The van der Waals surface area contributed by atoms with Crippen LogP contribution in [0.5, 0.6) is 0 Å². The summed E-state index contributed by atoms with van der Waals surface area (Å²) in [5.41, 5.74) is 0. The number of aryl methyl sites for hydroxylation is 1. The maximum Gasteiger partial charge on any atom is 0.246 e. The van der Waals surface area contributed by atoms with E-state index in [1.807, 2.05) is 6.92 Å². The van der Waals surface area contributed by atoms with Crippen molar-refractivity contribution in [3.8, 4) is 0 Å². The molecule has 0 bridgehead atoms. The van der Waals surface area contributed by atoms with Crippen molar-refractivity contribution in [3.63, 3.8) is 0 Å². The normalized spacial score (nSPS) is 17.4. The first-order valence-corrected chi connectivity index (χ1v) is 8.67. The monoisotopic (exact) mass is 305 g/mol. The fourth-order valence-corrected chi connectivity index (χ4v) is 4.46. The zero-order valence-electron chi connectivity index (χ0n) is 11.1. The third kappa shape index (κ3) is 3.12. The Hall–Kier alpha value is -0.590. The molecule has 0 amide bonds. The van der Waals surface area contributed by atoms with E-state index >= 15 is 0 Å². The first-order valence-electron chi connectivity index (χ1n) is 6.70. The molecule has 0 unspecified atom stereocenters. The van der Waals surface area contributed by atoms with Gasteiger partial charge in [0.05, 0.1) is 12.7 Å². The van der Waals surface area contributed by atoms with Crippen molar-refractivity contribution in [2.24, 2.45) is 0 Å². The summed E-state index contributed by atoms with van der Waals surface area (Å²) >= 11 is 5.63. The summed E-state index contributed by atoms with van der Waals surface area (Å²) in [4.78, 5) is 0.270. The first-order chi connectivity index (χ1) is 9.09. The van der Waals surface area contributed by atoms with E-state index in [0.717, 1.165) is 25.7 Å². The van der Waals surface area contributed by atoms with Gasteiger partial charge in [-0.15, -0.1) is 11.6 Å². The Balaban J connectivity index is 2.23. The Labute approximate surface area is 119 Å². The summed E-state index contributed by atoms with van der Waals surface area (Å²) in [6.07, 6.45) is 7.13. The van der Waals surface area contributed by atoms with Crippen LogP contribution in [0.2, 0.25) is 0 Å². The Morgan fingerprint density at radius 3 is 2.74 bits per heavy atom. The van der Waals surface area contributed by atoms with Gasteiger partial charge in [-0.1, -0.05) is 19.8 Å². The quantitative estimate of drug-likeness (QED) is 0.756. The summed E-state index contributed by atoms with van der Waals surface area (Å²) in [6.45, 7) is 2.92. The standard InChI is InChI=1S/C12H20ClN3O2S/c1-2-16(11-5-3-4-6-11)19(17,18)12-9-14-15(10-12)8-7-13/h9-11H,2-8H2,1H3. The van der Waals surface area contributed by atoms with Crippen LogP contribution in [-0.4, -0.2) is 41.0 Å². The van der Waals surface area contributed by atoms with Crippen LogP contribution in [0, 0.1) is 0 Å². The van der Waals surface area contributed by atoms with Gasteiger partial charge in [0, 0.05) is 24.7 Å². The summed E-state index contributed by atoms with van der Waals surface area (Å²) in [6, 6.07) is 0.145. The number of rotatable bonds is 6. The topological polar surface area (TPSA) is 55.2 Å². The molecule has 108 valence electrons. The number of hydrogen-bond acceptors (Lipinski definition) is 3. The molecule has 0 atom stereocenters. The molecule has 1 fully saturated rings. The van der Waals surface area contributed by atoms with Crippen molar-refractivity contribution < 1.29 is 8.42 Å². The van der Waals surface area contributed by atoms with Gasteiger partial charge >= 0.3 is 0 Å². The predicted octanol–water partition coefficient (Wildman–Crippen LogP) is 2.08. The average Bonchev–Trinajstić information content (AvgIpc) is 3.01. The molecule has 5 nitrogen and oxygen atoms in total. The van der Waals surface area contributed by atoms with Crippen LogP contribution >= 0.6 is 11.6 Å². The largest absolute Gasteiger partial charge is 0.270 e. The molecule has 7 heteroatoms. The molecule has 0 radical (unpaired) electrons. The van der Waals surface area contributed by atoms with Crippen LogP contribution in [0.25, 0.3) is 0 Å². The third-order valence-corrected chi connectivity index (χ3v) is 5.72. The summed E-state index contributed by atoms with van der Waals surface area (Å²) < 4.78 is 28.4. The summed E-state index contributed by atoms with van der Waals surface area (Å²) in [7, 11) is -3.43. The van der Waals surface area contributed by atoms with Crippen LogP contribution < -0.4 is 0 Å². The van der Waals surface area contributed by atoms with Crippen LogP contribution in [-0.2, 0) is 16.6 Å². The second kappa shape index (κ2) is 6.24.